The molecular weight excluding hydrogens is 272 g/mol. The van der Waals surface area contributed by atoms with E-state index in [4.69, 9.17) is 0 Å². The van der Waals surface area contributed by atoms with Crippen LogP contribution >= 0.6 is 0 Å². The van der Waals surface area contributed by atoms with Gasteiger partial charge in [-0.2, -0.15) is 5.26 Å². The lowest BCUT2D eigenvalue weighted by Crippen LogP contribution is -2.23. The largest absolute Gasteiger partial charge is 0.325 e. The minimum atomic E-state index is -0.197. The Bertz CT molecular complexity index is 782. The van der Waals surface area contributed by atoms with Gasteiger partial charge in [-0.1, -0.05) is 42.5 Å². The van der Waals surface area contributed by atoms with Crippen molar-refractivity contribution in [3.63, 3.8) is 0 Å². The maximum atomic E-state index is 12.4. The van der Waals surface area contributed by atoms with Crippen molar-refractivity contribution in [1.82, 2.24) is 5.32 Å². The van der Waals surface area contributed by atoms with E-state index in [9.17, 15) is 10.1 Å². The van der Waals surface area contributed by atoms with Crippen molar-refractivity contribution >= 4 is 11.5 Å². The second-order valence-electron chi connectivity index (χ2n) is 5.20. The van der Waals surface area contributed by atoms with E-state index in [0.29, 0.717) is 16.8 Å². The van der Waals surface area contributed by atoms with E-state index in [-0.39, 0.29) is 5.91 Å². The average Bonchev–Trinajstić information content (AvgIpc) is 2.50. The molecule has 2 rings (SSSR count). The topological polar surface area (TPSA) is 52.9 Å². The fourth-order valence-electron chi connectivity index (χ4n) is 2.33. The summed E-state index contributed by atoms with van der Waals surface area (Å²) in [7, 11) is 0. The van der Waals surface area contributed by atoms with Gasteiger partial charge in [0, 0.05) is 11.3 Å². The Hall–Kier alpha value is -2.86. The molecule has 0 atom stereocenters. The molecule has 0 spiro atoms. The molecule has 2 aromatic carbocycles. The van der Waals surface area contributed by atoms with Crippen LogP contribution in [0.15, 0.2) is 54.2 Å². The molecule has 0 unspecified atom stereocenters. The lowest BCUT2D eigenvalue weighted by Gasteiger charge is -2.11. The van der Waals surface area contributed by atoms with Gasteiger partial charge in [-0.05, 0) is 43.5 Å². The van der Waals surface area contributed by atoms with E-state index in [1.54, 1.807) is 13.0 Å². The lowest BCUT2D eigenvalue weighted by molar-refractivity contribution is 0.0965. The van der Waals surface area contributed by atoms with Gasteiger partial charge in [0.1, 0.15) is 6.07 Å². The van der Waals surface area contributed by atoms with Crippen LogP contribution in [0.3, 0.4) is 0 Å². The van der Waals surface area contributed by atoms with Gasteiger partial charge in [0.15, 0.2) is 0 Å². The number of hydrogen-bond acceptors (Lipinski definition) is 2. The van der Waals surface area contributed by atoms with E-state index >= 15 is 0 Å². The molecule has 22 heavy (non-hydrogen) atoms. The summed E-state index contributed by atoms with van der Waals surface area (Å²) in [5.74, 6) is -0.197. The summed E-state index contributed by atoms with van der Waals surface area (Å²) in [5, 5.41) is 12.3. The Balaban J connectivity index is 2.35. The summed E-state index contributed by atoms with van der Waals surface area (Å²) < 4.78 is 0. The average molecular weight is 290 g/mol. The lowest BCUT2D eigenvalue weighted by atomic mass is 10.00. The standard InChI is InChI=1S/C19H18N2O/c1-13-8-4-6-10-16(13)18(12-20)15(3)21-19(22)17-11-7-5-9-14(17)2/h4-11H,1-3H3,(H,21,22)/b18-15+. The summed E-state index contributed by atoms with van der Waals surface area (Å²) in [6, 6.07) is 17.2. The highest BCUT2D eigenvalue weighted by Gasteiger charge is 2.13. The van der Waals surface area contributed by atoms with E-state index in [1.807, 2.05) is 56.3 Å². The SMILES string of the molecule is C/C(NC(=O)c1ccccc1C)=C(/C#N)c1ccccc1C. The van der Waals surface area contributed by atoms with Gasteiger partial charge < -0.3 is 5.32 Å². The first-order chi connectivity index (χ1) is 10.5. The Labute approximate surface area is 130 Å². The molecule has 0 aliphatic heterocycles. The fraction of sp³-hybridized carbons (Fsp3) is 0.158. The monoisotopic (exact) mass is 290 g/mol. The number of carbonyl (C=O) groups excluding carboxylic acids is 1. The highest BCUT2D eigenvalue weighted by atomic mass is 16.1. The van der Waals surface area contributed by atoms with Crippen LogP contribution < -0.4 is 5.32 Å². The summed E-state index contributed by atoms with van der Waals surface area (Å²) in [4.78, 5) is 12.4. The first-order valence-electron chi connectivity index (χ1n) is 7.08. The van der Waals surface area contributed by atoms with E-state index in [2.05, 4.69) is 11.4 Å². The molecule has 0 saturated carbocycles. The third-order valence-corrected chi connectivity index (χ3v) is 3.59. The van der Waals surface area contributed by atoms with Crippen LogP contribution in [0, 0.1) is 25.2 Å². The van der Waals surface area contributed by atoms with Crippen LogP contribution in [-0.4, -0.2) is 5.91 Å². The first-order valence-corrected chi connectivity index (χ1v) is 7.08. The number of amides is 1. The van der Waals surface area contributed by atoms with Crippen LogP contribution in [0.25, 0.3) is 5.57 Å². The Morgan fingerprint density at radius 3 is 1.95 bits per heavy atom. The third-order valence-electron chi connectivity index (χ3n) is 3.59. The third kappa shape index (κ3) is 3.24. The van der Waals surface area contributed by atoms with Crippen molar-refractivity contribution in [3.8, 4) is 6.07 Å². The van der Waals surface area contributed by atoms with Crippen LogP contribution in [0.1, 0.15) is 34.0 Å². The van der Waals surface area contributed by atoms with Crippen molar-refractivity contribution in [2.75, 3.05) is 0 Å². The van der Waals surface area contributed by atoms with Crippen LogP contribution in [0.5, 0.6) is 0 Å². The van der Waals surface area contributed by atoms with Crippen LogP contribution in [0.4, 0.5) is 0 Å². The Morgan fingerprint density at radius 1 is 0.955 bits per heavy atom. The molecule has 0 radical (unpaired) electrons. The van der Waals surface area contributed by atoms with Gasteiger partial charge in [0.25, 0.3) is 5.91 Å². The number of nitrogens with zero attached hydrogens (tertiary/aromatic N) is 1. The molecule has 1 N–H and O–H groups in total. The van der Waals surface area contributed by atoms with E-state index in [0.717, 1.165) is 16.7 Å². The van der Waals surface area contributed by atoms with Crippen molar-refractivity contribution in [2.24, 2.45) is 0 Å². The minimum absolute atomic E-state index is 0.197. The summed E-state index contributed by atoms with van der Waals surface area (Å²) >= 11 is 0. The molecule has 0 saturated heterocycles. The molecule has 0 fully saturated rings. The number of carbonyl (C=O) groups is 1. The van der Waals surface area contributed by atoms with Gasteiger partial charge in [-0.3, -0.25) is 4.79 Å². The number of rotatable bonds is 3. The number of aryl methyl sites for hydroxylation is 2. The molecule has 2 aromatic rings. The Kier molecular flexibility index (Phi) is 4.75. The second kappa shape index (κ2) is 6.73. The Morgan fingerprint density at radius 2 is 1.45 bits per heavy atom. The quantitative estimate of drug-likeness (QED) is 0.869. The molecule has 1 amide bonds. The van der Waals surface area contributed by atoms with Gasteiger partial charge in [-0.25, -0.2) is 0 Å². The molecule has 3 nitrogen and oxygen atoms in total. The van der Waals surface area contributed by atoms with Gasteiger partial charge in [-0.15, -0.1) is 0 Å². The molecule has 0 aliphatic carbocycles. The summed E-state index contributed by atoms with van der Waals surface area (Å²) in [5.41, 5.74) is 4.41. The minimum Gasteiger partial charge on any atom is -0.325 e. The number of hydrogen-bond donors (Lipinski definition) is 1. The van der Waals surface area contributed by atoms with Gasteiger partial charge in [0.2, 0.25) is 0 Å². The molecule has 110 valence electrons. The zero-order valence-corrected chi connectivity index (χ0v) is 13.0. The second-order valence-corrected chi connectivity index (χ2v) is 5.20. The van der Waals surface area contributed by atoms with Crippen molar-refractivity contribution in [2.45, 2.75) is 20.8 Å². The summed E-state index contributed by atoms with van der Waals surface area (Å²) in [6.07, 6.45) is 0. The number of nitrogens with one attached hydrogen (secondary N) is 1. The van der Waals surface area contributed by atoms with E-state index < -0.39 is 0 Å². The maximum absolute atomic E-state index is 12.4. The predicted octanol–water partition coefficient (Wildman–Crippen LogP) is 3.99. The van der Waals surface area contributed by atoms with Crippen molar-refractivity contribution < 1.29 is 4.79 Å². The first kappa shape index (κ1) is 15.5. The highest BCUT2D eigenvalue weighted by molar-refractivity contribution is 5.98. The molecular formula is C19H18N2O. The van der Waals surface area contributed by atoms with E-state index in [1.165, 1.54) is 0 Å². The zero-order valence-electron chi connectivity index (χ0n) is 13.0. The molecule has 0 heterocycles. The molecule has 0 aliphatic rings. The number of benzene rings is 2. The van der Waals surface area contributed by atoms with Crippen LogP contribution in [-0.2, 0) is 0 Å². The van der Waals surface area contributed by atoms with Crippen molar-refractivity contribution in [1.29, 1.82) is 5.26 Å². The number of nitriles is 1. The highest BCUT2D eigenvalue weighted by Crippen LogP contribution is 2.20. The molecule has 0 bridgehead atoms. The summed E-state index contributed by atoms with van der Waals surface area (Å²) in [6.45, 7) is 5.59. The van der Waals surface area contributed by atoms with Crippen LogP contribution in [0.2, 0.25) is 0 Å². The zero-order chi connectivity index (χ0) is 16.1. The van der Waals surface area contributed by atoms with Gasteiger partial charge in [0.05, 0.1) is 5.57 Å². The predicted molar refractivity (Wildman–Crippen MR) is 88.0 cm³/mol. The van der Waals surface area contributed by atoms with Crippen molar-refractivity contribution in [3.05, 3.63) is 76.5 Å². The number of allylic oxidation sites excluding steroid dienone is 2. The smallest absolute Gasteiger partial charge is 0.255 e. The fourth-order valence-corrected chi connectivity index (χ4v) is 2.33. The normalized spacial score (nSPS) is 11.4. The molecule has 0 aromatic heterocycles. The molecule has 3 heteroatoms. The van der Waals surface area contributed by atoms with Gasteiger partial charge >= 0.3 is 0 Å². The maximum Gasteiger partial charge on any atom is 0.255 e.